The van der Waals surface area contributed by atoms with Gasteiger partial charge in [0.1, 0.15) is 0 Å². The molecule has 0 heterocycles. The summed E-state index contributed by atoms with van der Waals surface area (Å²) in [6.07, 6.45) is -1.09. The smallest absolute Gasteiger partial charge is 0.338 e. The predicted octanol–water partition coefficient (Wildman–Crippen LogP) is 2.43. The Hall–Kier alpha value is -2.42. The zero-order chi connectivity index (χ0) is 19.3. The van der Waals surface area contributed by atoms with Gasteiger partial charge in [0.25, 0.3) is 5.91 Å². The zero-order valence-electron chi connectivity index (χ0n) is 14.0. The van der Waals surface area contributed by atoms with Crippen molar-refractivity contribution in [2.24, 2.45) is 0 Å². The van der Waals surface area contributed by atoms with E-state index in [1.165, 1.54) is 38.2 Å². The van der Waals surface area contributed by atoms with Crippen molar-refractivity contribution >= 4 is 39.2 Å². The number of halogens is 1. The highest BCUT2D eigenvalue weighted by Crippen LogP contribution is 2.16. The molecule has 0 fully saturated rings. The van der Waals surface area contributed by atoms with Crippen LogP contribution in [0.1, 0.15) is 17.3 Å². The summed E-state index contributed by atoms with van der Waals surface area (Å²) in [5.74, 6) is -1.36. The Morgan fingerprint density at radius 2 is 1.81 bits per heavy atom. The predicted molar refractivity (Wildman–Crippen MR) is 97.6 cm³/mol. The quantitative estimate of drug-likeness (QED) is 0.730. The maximum atomic E-state index is 12.2. The summed E-state index contributed by atoms with van der Waals surface area (Å²) >= 11 is 5.84. The first kappa shape index (κ1) is 19.9. The lowest BCUT2D eigenvalue weighted by molar-refractivity contribution is -0.123. The van der Waals surface area contributed by atoms with Gasteiger partial charge in [-0.1, -0.05) is 23.7 Å². The van der Waals surface area contributed by atoms with E-state index in [2.05, 4.69) is 10.0 Å². The number of ether oxygens (including phenoxy) is 1. The molecule has 7 nitrogen and oxygen atoms in total. The third-order valence-electron chi connectivity index (χ3n) is 3.39. The Bertz CT molecular complexity index is 930. The molecule has 0 aromatic heterocycles. The molecule has 0 saturated heterocycles. The van der Waals surface area contributed by atoms with Gasteiger partial charge in [-0.3, -0.25) is 4.79 Å². The molecule has 2 N–H and O–H groups in total. The number of carbonyl (C=O) groups is 2. The van der Waals surface area contributed by atoms with Crippen molar-refractivity contribution in [2.45, 2.75) is 17.9 Å². The van der Waals surface area contributed by atoms with Gasteiger partial charge < -0.3 is 10.1 Å². The first-order valence-corrected chi connectivity index (χ1v) is 9.40. The van der Waals surface area contributed by atoms with Gasteiger partial charge in [0.15, 0.2) is 6.10 Å². The van der Waals surface area contributed by atoms with Gasteiger partial charge in [-0.05, 0) is 50.4 Å². The molecule has 0 spiro atoms. The summed E-state index contributed by atoms with van der Waals surface area (Å²) < 4.78 is 30.9. The van der Waals surface area contributed by atoms with Crippen molar-refractivity contribution in [1.29, 1.82) is 0 Å². The topological polar surface area (TPSA) is 102 Å². The lowest BCUT2D eigenvalue weighted by Gasteiger charge is -2.14. The molecule has 2 aromatic carbocycles. The average molecular weight is 397 g/mol. The largest absolute Gasteiger partial charge is 0.449 e. The molecular weight excluding hydrogens is 380 g/mol. The van der Waals surface area contributed by atoms with Crippen LogP contribution in [0.4, 0.5) is 5.69 Å². The number of hydrogen-bond donors (Lipinski definition) is 2. The molecule has 0 aliphatic heterocycles. The normalized spacial score (nSPS) is 12.3. The Labute approximate surface area is 156 Å². The van der Waals surface area contributed by atoms with E-state index >= 15 is 0 Å². The van der Waals surface area contributed by atoms with E-state index in [1.807, 2.05) is 0 Å². The van der Waals surface area contributed by atoms with Gasteiger partial charge in [-0.25, -0.2) is 17.9 Å². The van der Waals surface area contributed by atoms with Crippen LogP contribution in [0, 0.1) is 0 Å². The van der Waals surface area contributed by atoms with Crippen LogP contribution in [0.15, 0.2) is 53.4 Å². The highest BCUT2D eigenvalue weighted by molar-refractivity contribution is 7.89. The number of anilines is 1. The number of rotatable bonds is 6. The monoisotopic (exact) mass is 396 g/mol. The second kappa shape index (κ2) is 8.31. The Morgan fingerprint density at radius 1 is 1.12 bits per heavy atom. The third-order valence-corrected chi connectivity index (χ3v) is 5.04. The summed E-state index contributed by atoms with van der Waals surface area (Å²) in [5, 5.41) is 3.03. The second-order valence-electron chi connectivity index (χ2n) is 5.28. The highest BCUT2D eigenvalue weighted by atomic mass is 35.5. The molecule has 2 aromatic rings. The minimum absolute atomic E-state index is 0.0173. The molecule has 0 unspecified atom stereocenters. The van der Waals surface area contributed by atoms with Crippen LogP contribution in [-0.4, -0.2) is 33.4 Å². The number of benzene rings is 2. The average Bonchev–Trinajstić information content (AvgIpc) is 2.61. The molecule has 138 valence electrons. The second-order valence-corrected chi connectivity index (χ2v) is 7.61. The summed E-state index contributed by atoms with van der Waals surface area (Å²) in [6.45, 7) is 1.41. The van der Waals surface area contributed by atoms with Crippen molar-refractivity contribution in [2.75, 3.05) is 12.4 Å². The van der Waals surface area contributed by atoms with Crippen molar-refractivity contribution in [3.63, 3.8) is 0 Å². The first-order valence-electron chi connectivity index (χ1n) is 7.54. The maximum absolute atomic E-state index is 12.2. The molecule has 9 heteroatoms. The Morgan fingerprint density at radius 3 is 2.46 bits per heavy atom. The molecule has 0 bridgehead atoms. The van der Waals surface area contributed by atoms with E-state index in [-0.39, 0.29) is 10.5 Å². The first-order chi connectivity index (χ1) is 12.2. The van der Waals surface area contributed by atoms with Crippen LogP contribution >= 0.6 is 11.6 Å². The molecule has 0 aliphatic rings. The van der Waals surface area contributed by atoms with E-state index in [1.54, 1.807) is 24.3 Å². The van der Waals surface area contributed by atoms with Crippen LogP contribution in [-0.2, 0) is 19.6 Å². The lowest BCUT2D eigenvalue weighted by atomic mass is 10.2. The molecule has 2 rings (SSSR count). The fourth-order valence-corrected chi connectivity index (χ4v) is 2.97. The fourth-order valence-electron chi connectivity index (χ4n) is 2.00. The zero-order valence-corrected chi connectivity index (χ0v) is 15.6. The van der Waals surface area contributed by atoms with E-state index in [0.717, 1.165) is 0 Å². The van der Waals surface area contributed by atoms with Gasteiger partial charge in [-0.15, -0.1) is 0 Å². The Kier molecular flexibility index (Phi) is 6.36. The summed E-state index contributed by atoms with van der Waals surface area (Å²) in [7, 11) is -2.43. The summed E-state index contributed by atoms with van der Waals surface area (Å²) in [5.41, 5.74) is 0.483. The van der Waals surface area contributed by atoms with Crippen molar-refractivity contribution in [3.8, 4) is 0 Å². The van der Waals surface area contributed by atoms with Crippen molar-refractivity contribution in [1.82, 2.24) is 4.72 Å². The molecule has 0 aliphatic carbocycles. The van der Waals surface area contributed by atoms with Crippen LogP contribution < -0.4 is 10.0 Å². The number of hydrogen-bond acceptors (Lipinski definition) is 5. The summed E-state index contributed by atoms with van der Waals surface area (Å²) in [6, 6.07) is 11.9. The summed E-state index contributed by atoms with van der Waals surface area (Å²) in [4.78, 5) is 24.2. The molecule has 1 atom stereocenters. The molecule has 0 saturated carbocycles. The van der Waals surface area contributed by atoms with E-state index in [4.69, 9.17) is 16.3 Å². The van der Waals surface area contributed by atoms with E-state index in [9.17, 15) is 18.0 Å². The number of sulfonamides is 1. The van der Waals surface area contributed by atoms with Crippen molar-refractivity contribution < 1.29 is 22.7 Å². The van der Waals surface area contributed by atoms with E-state index < -0.39 is 28.0 Å². The van der Waals surface area contributed by atoms with Gasteiger partial charge in [-0.2, -0.15) is 0 Å². The van der Waals surface area contributed by atoms with Crippen LogP contribution in [0.25, 0.3) is 0 Å². The number of carbonyl (C=O) groups excluding carboxylic acids is 2. The molecule has 1 amide bonds. The third kappa shape index (κ3) is 5.04. The van der Waals surface area contributed by atoms with Crippen LogP contribution in [0.5, 0.6) is 0 Å². The van der Waals surface area contributed by atoms with Crippen LogP contribution in [0.3, 0.4) is 0 Å². The fraction of sp³-hybridized carbons (Fsp3) is 0.176. The van der Waals surface area contributed by atoms with E-state index in [0.29, 0.717) is 10.7 Å². The minimum atomic E-state index is -3.69. The molecule has 0 radical (unpaired) electrons. The SMILES string of the molecule is CNS(=O)(=O)c1cccc(C(=O)O[C@@H](C)C(=O)Nc2cccc(Cl)c2)c1. The minimum Gasteiger partial charge on any atom is -0.449 e. The number of nitrogens with one attached hydrogen (secondary N) is 2. The van der Waals surface area contributed by atoms with Gasteiger partial charge in [0.2, 0.25) is 10.0 Å². The lowest BCUT2D eigenvalue weighted by Crippen LogP contribution is -2.30. The standard InChI is InChI=1S/C17H17ClN2O5S/c1-11(16(21)20-14-7-4-6-13(18)10-14)25-17(22)12-5-3-8-15(9-12)26(23,24)19-2/h3-11,19H,1-2H3,(H,20,21)/t11-/m0/s1. The number of esters is 1. The number of amides is 1. The van der Waals surface area contributed by atoms with Gasteiger partial charge in [0.05, 0.1) is 10.5 Å². The van der Waals surface area contributed by atoms with Crippen molar-refractivity contribution in [3.05, 3.63) is 59.1 Å². The van der Waals surface area contributed by atoms with Crippen LogP contribution in [0.2, 0.25) is 5.02 Å². The molecule has 26 heavy (non-hydrogen) atoms. The van der Waals surface area contributed by atoms with Gasteiger partial charge in [0, 0.05) is 10.7 Å². The highest BCUT2D eigenvalue weighted by Gasteiger charge is 2.21. The Balaban J connectivity index is 2.07. The van der Waals surface area contributed by atoms with Gasteiger partial charge >= 0.3 is 5.97 Å². The molecular formula is C17H17ClN2O5S. The maximum Gasteiger partial charge on any atom is 0.338 e.